The van der Waals surface area contributed by atoms with Crippen molar-refractivity contribution < 1.29 is 14.6 Å². The van der Waals surface area contributed by atoms with Crippen molar-refractivity contribution in [2.45, 2.75) is 19.3 Å². The number of carbonyl (C=O) groups excluding carboxylic acids is 1. The molecule has 0 spiro atoms. The second-order valence-electron chi connectivity index (χ2n) is 9.56. The van der Waals surface area contributed by atoms with Crippen LogP contribution in [-0.4, -0.2) is 11.1 Å². The predicted octanol–water partition coefficient (Wildman–Crippen LogP) is 8.27. The smallest absolute Gasteiger partial charge is 0.343 e. The van der Waals surface area contributed by atoms with Gasteiger partial charge < -0.3 is 9.84 Å². The number of aromatic hydroxyl groups is 1. The summed E-state index contributed by atoms with van der Waals surface area (Å²) in [6.07, 6.45) is 0. The van der Waals surface area contributed by atoms with E-state index < -0.39 is 5.97 Å². The molecule has 0 aromatic heterocycles. The van der Waals surface area contributed by atoms with E-state index in [2.05, 4.69) is 26.0 Å². The minimum atomic E-state index is -0.393. The normalized spacial score (nSPS) is 11.2. The maximum atomic E-state index is 12.9. The van der Waals surface area contributed by atoms with Crippen LogP contribution in [0.25, 0.3) is 22.3 Å². The Hall–Kier alpha value is -4.63. The van der Waals surface area contributed by atoms with E-state index in [-0.39, 0.29) is 11.2 Å². The Kier molecular flexibility index (Phi) is 6.61. The van der Waals surface area contributed by atoms with Crippen molar-refractivity contribution in [2.75, 3.05) is 0 Å². The van der Waals surface area contributed by atoms with Crippen LogP contribution in [0.1, 0.15) is 35.3 Å². The molecule has 37 heavy (non-hydrogen) atoms. The van der Waals surface area contributed by atoms with Crippen molar-refractivity contribution >= 4 is 5.97 Å². The Bertz CT molecular complexity index is 1520. The zero-order valence-corrected chi connectivity index (χ0v) is 20.9. The van der Waals surface area contributed by atoms with Gasteiger partial charge in [0.15, 0.2) is 0 Å². The molecule has 1 N–H and O–H groups in total. The molecule has 0 unspecified atom stereocenters. The van der Waals surface area contributed by atoms with Gasteiger partial charge in [-0.05, 0) is 58.7 Å². The standard InChI is InChI=1S/C34H28O3/c1-34(2,27-18-20-31(35)29(22-27)24-12-6-3-7-13-24)28-19-21-32(30(23-28)25-14-8-4-9-15-25)37-33(36)26-16-10-5-11-17-26/h3-23,35H,1-2H3. The molecular weight excluding hydrogens is 456 g/mol. The minimum absolute atomic E-state index is 0.249. The molecule has 182 valence electrons. The van der Waals surface area contributed by atoms with E-state index in [1.807, 2.05) is 97.1 Å². The first kappa shape index (κ1) is 24.1. The lowest BCUT2D eigenvalue weighted by Gasteiger charge is -2.28. The largest absolute Gasteiger partial charge is 0.507 e. The van der Waals surface area contributed by atoms with Crippen molar-refractivity contribution in [3.8, 4) is 33.8 Å². The summed E-state index contributed by atoms with van der Waals surface area (Å²) in [5.74, 6) is 0.366. The molecule has 0 heterocycles. The molecule has 5 aromatic carbocycles. The quantitative estimate of drug-likeness (QED) is 0.195. The van der Waals surface area contributed by atoms with Gasteiger partial charge in [-0.15, -0.1) is 0 Å². The van der Waals surface area contributed by atoms with Crippen molar-refractivity contribution in [3.63, 3.8) is 0 Å². The lowest BCUT2D eigenvalue weighted by molar-refractivity contribution is 0.0735. The average Bonchev–Trinajstić information content (AvgIpc) is 2.94. The van der Waals surface area contributed by atoms with Crippen molar-refractivity contribution in [1.29, 1.82) is 0 Å². The number of rotatable bonds is 6. The second-order valence-corrected chi connectivity index (χ2v) is 9.56. The monoisotopic (exact) mass is 484 g/mol. The van der Waals surface area contributed by atoms with Crippen LogP contribution in [0.2, 0.25) is 0 Å². The highest BCUT2D eigenvalue weighted by atomic mass is 16.5. The summed E-state index contributed by atoms with van der Waals surface area (Å²) in [6, 6.07) is 40.6. The van der Waals surface area contributed by atoms with Gasteiger partial charge in [0.05, 0.1) is 5.56 Å². The molecule has 0 bridgehead atoms. The minimum Gasteiger partial charge on any atom is -0.507 e. The molecular formula is C34H28O3. The second kappa shape index (κ2) is 10.2. The van der Waals surface area contributed by atoms with E-state index in [9.17, 15) is 9.90 Å². The lowest BCUT2D eigenvalue weighted by Crippen LogP contribution is -2.19. The molecule has 0 saturated carbocycles. The highest BCUT2D eigenvalue weighted by molar-refractivity contribution is 5.92. The molecule has 0 aliphatic carbocycles. The van der Waals surface area contributed by atoms with E-state index in [1.165, 1.54) is 0 Å². The summed E-state index contributed by atoms with van der Waals surface area (Å²) in [6.45, 7) is 4.32. The van der Waals surface area contributed by atoms with Gasteiger partial charge in [-0.2, -0.15) is 0 Å². The van der Waals surface area contributed by atoms with E-state index in [0.717, 1.165) is 33.4 Å². The topological polar surface area (TPSA) is 46.5 Å². The zero-order valence-electron chi connectivity index (χ0n) is 20.9. The summed E-state index contributed by atoms with van der Waals surface area (Å²) in [4.78, 5) is 12.9. The summed E-state index contributed by atoms with van der Waals surface area (Å²) < 4.78 is 5.88. The fourth-order valence-corrected chi connectivity index (χ4v) is 4.52. The van der Waals surface area contributed by atoms with Crippen LogP contribution in [0, 0.1) is 0 Å². The van der Waals surface area contributed by atoms with E-state index >= 15 is 0 Å². The number of hydrogen-bond acceptors (Lipinski definition) is 3. The molecule has 5 rings (SSSR count). The zero-order chi connectivity index (χ0) is 25.8. The summed E-state index contributed by atoms with van der Waals surface area (Å²) >= 11 is 0. The van der Waals surface area contributed by atoms with E-state index in [1.54, 1.807) is 18.2 Å². The maximum absolute atomic E-state index is 12.9. The van der Waals surface area contributed by atoms with Gasteiger partial charge in [-0.25, -0.2) is 4.79 Å². The fraction of sp³-hybridized carbons (Fsp3) is 0.0882. The van der Waals surface area contributed by atoms with Crippen molar-refractivity contribution in [2.24, 2.45) is 0 Å². The van der Waals surface area contributed by atoms with Gasteiger partial charge in [0.1, 0.15) is 11.5 Å². The third-order valence-electron chi connectivity index (χ3n) is 6.80. The van der Waals surface area contributed by atoms with Crippen LogP contribution < -0.4 is 4.74 Å². The third kappa shape index (κ3) is 5.03. The maximum Gasteiger partial charge on any atom is 0.343 e. The molecule has 3 nitrogen and oxygen atoms in total. The van der Waals surface area contributed by atoms with E-state index in [0.29, 0.717) is 11.3 Å². The highest BCUT2D eigenvalue weighted by Crippen LogP contribution is 2.40. The molecule has 0 fully saturated rings. The van der Waals surface area contributed by atoms with Crippen LogP contribution in [-0.2, 0) is 5.41 Å². The molecule has 0 atom stereocenters. The summed E-state index contributed by atoms with van der Waals surface area (Å²) in [5.41, 5.74) is 5.82. The van der Waals surface area contributed by atoms with Gasteiger partial charge in [0, 0.05) is 16.5 Å². The average molecular weight is 485 g/mol. The van der Waals surface area contributed by atoms with Gasteiger partial charge in [-0.3, -0.25) is 0 Å². The first-order valence-corrected chi connectivity index (χ1v) is 12.3. The van der Waals surface area contributed by atoms with Crippen LogP contribution >= 0.6 is 0 Å². The molecule has 3 heteroatoms. The van der Waals surface area contributed by atoms with E-state index in [4.69, 9.17) is 4.74 Å². The number of phenolic OH excluding ortho intramolecular Hbond substituents is 1. The number of benzene rings is 5. The molecule has 0 aliphatic heterocycles. The Morgan fingerprint density at radius 3 is 1.70 bits per heavy atom. The first-order chi connectivity index (χ1) is 17.9. The van der Waals surface area contributed by atoms with Crippen LogP contribution in [0.15, 0.2) is 127 Å². The van der Waals surface area contributed by atoms with Gasteiger partial charge in [-0.1, -0.05) is 105 Å². The predicted molar refractivity (Wildman–Crippen MR) is 149 cm³/mol. The molecule has 0 radical (unpaired) electrons. The fourth-order valence-electron chi connectivity index (χ4n) is 4.52. The first-order valence-electron chi connectivity index (χ1n) is 12.3. The summed E-state index contributed by atoms with van der Waals surface area (Å²) in [5, 5.41) is 10.6. The Morgan fingerprint density at radius 2 is 1.11 bits per heavy atom. The van der Waals surface area contributed by atoms with Crippen molar-refractivity contribution in [3.05, 3.63) is 144 Å². The molecule has 0 saturated heterocycles. The Labute approximate surface area is 217 Å². The lowest BCUT2D eigenvalue weighted by atomic mass is 9.76. The molecule has 5 aromatic rings. The van der Waals surface area contributed by atoms with Crippen LogP contribution in [0.4, 0.5) is 0 Å². The van der Waals surface area contributed by atoms with Gasteiger partial charge in [0.2, 0.25) is 0 Å². The number of ether oxygens (including phenoxy) is 1. The summed E-state index contributed by atoms with van der Waals surface area (Å²) in [7, 11) is 0. The van der Waals surface area contributed by atoms with Crippen molar-refractivity contribution in [1.82, 2.24) is 0 Å². The highest BCUT2D eigenvalue weighted by Gasteiger charge is 2.26. The SMILES string of the molecule is CC(C)(c1ccc(O)c(-c2ccccc2)c1)c1ccc(OC(=O)c2ccccc2)c(-c2ccccc2)c1. The number of esters is 1. The van der Waals surface area contributed by atoms with Crippen LogP contribution in [0.5, 0.6) is 11.5 Å². The van der Waals surface area contributed by atoms with Gasteiger partial charge in [0.25, 0.3) is 0 Å². The van der Waals surface area contributed by atoms with Gasteiger partial charge >= 0.3 is 5.97 Å². The Morgan fingerprint density at radius 1 is 0.622 bits per heavy atom. The third-order valence-corrected chi connectivity index (χ3v) is 6.80. The van der Waals surface area contributed by atoms with Crippen LogP contribution in [0.3, 0.4) is 0 Å². The molecule has 0 aliphatic rings. The Balaban J connectivity index is 1.57. The number of phenols is 1. The molecule has 0 amide bonds. The number of hydrogen-bond donors (Lipinski definition) is 1. The number of carbonyl (C=O) groups is 1.